The molecule has 23 heavy (non-hydrogen) atoms. The Morgan fingerprint density at radius 2 is 1.96 bits per heavy atom. The van der Waals surface area contributed by atoms with Gasteiger partial charge in [-0.2, -0.15) is 10.1 Å². The first-order valence-corrected chi connectivity index (χ1v) is 7.03. The molecule has 0 radical (unpaired) electrons. The molecule has 0 saturated heterocycles. The number of methoxy groups -OCH3 is 1. The molecule has 1 N–H and O–H groups in total. The van der Waals surface area contributed by atoms with Crippen LogP contribution < -0.4 is 10.2 Å². The van der Waals surface area contributed by atoms with Crippen LogP contribution >= 0.6 is 0 Å². The molecule has 6 nitrogen and oxygen atoms in total. The first kappa shape index (κ1) is 14.6. The van der Waals surface area contributed by atoms with Gasteiger partial charge in [0.2, 0.25) is 5.88 Å². The highest BCUT2D eigenvalue weighted by Gasteiger charge is 2.06. The maximum absolute atomic E-state index is 5.23. The van der Waals surface area contributed by atoms with Crippen molar-refractivity contribution in [2.45, 2.75) is 0 Å². The summed E-state index contributed by atoms with van der Waals surface area (Å²) < 4.78 is 5.23. The lowest BCUT2D eigenvalue weighted by Gasteiger charge is -2.06. The highest BCUT2D eigenvalue weighted by molar-refractivity contribution is 5.79. The topological polar surface area (TPSA) is 72.3 Å². The van der Waals surface area contributed by atoms with Gasteiger partial charge in [-0.15, -0.1) is 0 Å². The molecular formula is C17H15N5O. The predicted molar refractivity (Wildman–Crippen MR) is 89.5 cm³/mol. The van der Waals surface area contributed by atoms with E-state index in [4.69, 9.17) is 4.74 Å². The molecule has 0 aliphatic rings. The number of aromatic nitrogens is 3. The lowest BCUT2D eigenvalue weighted by Crippen LogP contribution is -1.99. The van der Waals surface area contributed by atoms with Gasteiger partial charge in [-0.25, -0.2) is 4.98 Å². The third-order valence-corrected chi connectivity index (χ3v) is 3.02. The molecule has 0 fully saturated rings. The van der Waals surface area contributed by atoms with Crippen LogP contribution in [0.15, 0.2) is 66.0 Å². The second-order valence-corrected chi connectivity index (χ2v) is 4.64. The molecule has 1 aromatic carbocycles. The molecule has 0 unspecified atom stereocenters. The van der Waals surface area contributed by atoms with E-state index < -0.39 is 0 Å². The van der Waals surface area contributed by atoms with E-state index in [1.54, 1.807) is 31.8 Å². The Bertz CT molecular complexity index is 791. The van der Waals surface area contributed by atoms with Gasteiger partial charge in [0.15, 0.2) is 11.6 Å². The van der Waals surface area contributed by atoms with Crippen LogP contribution in [0.1, 0.15) is 5.56 Å². The summed E-state index contributed by atoms with van der Waals surface area (Å²) in [6.07, 6.45) is 5.11. The molecule has 0 bridgehead atoms. The van der Waals surface area contributed by atoms with E-state index in [1.165, 1.54) is 0 Å². The minimum Gasteiger partial charge on any atom is -0.481 e. The van der Waals surface area contributed by atoms with Crippen molar-refractivity contribution in [3.05, 3.63) is 66.5 Å². The number of benzene rings is 1. The number of hydrogen-bond acceptors (Lipinski definition) is 6. The number of rotatable bonds is 5. The number of hydrogen-bond donors (Lipinski definition) is 1. The zero-order valence-electron chi connectivity index (χ0n) is 12.5. The number of pyridine rings is 1. The molecule has 114 valence electrons. The van der Waals surface area contributed by atoms with Crippen molar-refractivity contribution in [3.8, 4) is 17.3 Å². The molecule has 3 aromatic rings. The Balaban J connectivity index is 1.83. The van der Waals surface area contributed by atoms with E-state index in [-0.39, 0.29) is 0 Å². The van der Waals surface area contributed by atoms with Crippen LogP contribution in [-0.2, 0) is 0 Å². The van der Waals surface area contributed by atoms with Crippen molar-refractivity contribution in [1.82, 2.24) is 15.0 Å². The van der Waals surface area contributed by atoms with Crippen LogP contribution in [0.5, 0.6) is 5.88 Å². The van der Waals surface area contributed by atoms with Crippen LogP contribution in [0.4, 0.5) is 5.82 Å². The van der Waals surface area contributed by atoms with Gasteiger partial charge in [0, 0.05) is 29.6 Å². The second-order valence-electron chi connectivity index (χ2n) is 4.64. The Kier molecular flexibility index (Phi) is 4.54. The van der Waals surface area contributed by atoms with Gasteiger partial charge in [-0.05, 0) is 6.07 Å². The van der Waals surface area contributed by atoms with Gasteiger partial charge in [0.25, 0.3) is 0 Å². The first-order valence-electron chi connectivity index (χ1n) is 7.03. The summed E-state index contributed by atoms with van der Waals surface area (Å²) in [6, 6.07) is 15.2. The van der Waals surface area contributed by atoms with E-state index in [2.05, 4.69) is 25.5 Å². The van der Waals surface area contributed by atoms with E-state index in [0.29, 0.717) is 17.5 Å². The maximum Gasteiger partial charge on any atom is 0.218 e. The molecule has 0 spiro atoms. The van der Waals surface area contributed by atoms with Gasteiger partial charge in [-0.1, -0.05) is 36.4 Å². The number of ether oxygens (including phenoxy) is 1. The van der Waals surface area contributed by atoms with Gasteiger partial charge in [-0.3, -0.25) is 10.4 Å². The summed E-state index contributed by atoms with van der Waals surface area (Å²) in [6.45, 7) is 0. The minimum absolute atomic E-state index is 0.470. The Morgan fingerprint density at radius 3 is 2.70 bits per heavy atom. The van der Waals surface area contributed by atoms with Crippen LogP contribution in [0.25, 0.3) is 11.4 Å². The summed E-state index contributed by atoms with van der Waals surface area (Å²) in [5.41, 5.74) is 4.69. The van der Waals surface area contributed by atoms with Crippen molar-refractivity contribution in [2.75, 3.05) is 12.5 Å². The van der Waals surface area contributed by atoms with E-state index >= 15 is 0 Å². The van der Waals surface area contributed by atoms with Crippen molar-refractivity contribution in [1.29, 1.82) is 0 Å². The molecule has 2 heterocycles. The lowest BCUT2D eigenvalue weighted by molar-refractivity contribution is 0.398. The molecule has 0 saturated carbocycles. The van der Waals surface area contributed by atoms with E-state index in [1.807, 2.05) is 42.5 Å². The maximum atomic E-state index is 5.23. The van der Waals surface area contributed by atoms with Crippen LogP contribution in [-0.4, -0.2) is 28.3 Å². The Hall–Kier alpha value is -3.28. The number of hydrazone groups is 1. The highest BCUT2D eigenvalue weighted by Crippen LogP contribution is 2.21. The van der Waals surface area contributed by atoms with Gasteiger partial charge in [0.05, 0.1) is 13.3 Å². The predicted octanol–water partition coefficient (Wildman–Crippen LogP) is 2.99. The molecule has 0 amide bonds. The van der Waals surface area contributed by atoms with Gasteiger partial charge >= 0.3 is 0 Å². The van der Waals surface area contributed by atoms with Crippen LogP contribution in [0.3, 0.4) is 0 Å². The summed E-state index contributed by atoms with van der Waals surface area (Å²) >= 11 is 0. The third-order valence-electron chi connectivity index (χ3n) is 3.02. The zero-order valence-corrected chi connectivity index (χ0v) is 12.5. The standard InChI is InChI=1S/C17H15N5O/c1-23-16-10-15(22-19-12-13-6-5-9-18-11-13)20-17(21-16)14-7-3-2-4-8-14/h2-12H,1H3,(H,20,21,22)/b19-12-. The fourth-order valence-corrected chi connectivity index (χ4v) is 1.93. The van der Waals surface area contributed by atoms with Crippen molar-refractivity contribution in [3.63, 3.8) is 0 Å². The summed E-state index contributed by atoms with van der Waals surface area (Å²) in [7, 11) is 1.57. The molecule has 0 aliphatic carbocycles. The zero-order chi connectivity index (χ0) is 15.9. The SMILES string of the molecule is COc1cc(N/N=C\c2cccnc2)nc(-c2ccccc2)n1. The van der Waals surface area contributed by atoms with Gasteiger partial charge in [0.1, 0.15) is 0 Å². The first-order chi connectivity index (χ1) is 11.3. The molecular weight excluding hydrogens is 290 g/mol. The number of nitrogens with zero attached hydrogens (tertiary/aromatic N) is 4. The molecule has 2 aromatic heterocycles. The fraction of sp³-hybridized carbons (Fsp3) is 0.0588. The Labute approximate surface area is 133 Å². The normalized spacial score (nSPS) is 10.7. The molecule has 3 rings (SSSR count). The smallest absolute Gasteiger partial charge is 0.218 e. The van der Waals surface area contributed by atoms with Crippen molar-refractivity contribution in [2.24, 2.45) is 5.10 Å². The number of anilines is 1. The van der Waals surface area contributed by atoms with Gasteiger partial charge < -0.3 is 4.74 Å². The number of nitrogens with one attached hydrogen (secondary N) is 1. The lowest BCUT2D eigenvalue weighted by atomic mass is 10.2. The minimum atomic E-state index is 0.470. The van der Waals surface area contributed by atoms with E-state index in [0.717, 1.165) is 11.1 Å². The van der Waals surface area contributed by atoms with E-state index in [9.17, 15) is 0 Å². The van der Waals surface area contributed by atoms with Crippen molar-refractivity contribution >= 4 is 12.0 Å². The average Bonchev–Trinajstić information content (AvgIpc) is 2.63. The third kappa shape index (κ3) is 3.88. The monoisotopic (exact) mass is 305 g/mol. The fourth-order valence-electron chi connectivity index (χ4n) is 1.93. The molecule has 6 heteroatoms. The largest absolute Gasteiger partial charge is 0.481 e. The van der Waals surface area contributed by atoms with Crippen LogP contribution in [0, 0.1) is 0 Å². The summed E-state index contributed by atoms with van der Waals surface area (Å²) in [4.78, 5) is 12.8. The quantitative estimate of drug-likeness (QED) is 0.579. The highest BCUT2D eigenvalue weighted by atomic mass is 16.5. The summed E-state index contributed by atoms with van der Waals surface area (Å²) in [5, 5.41) is 4.16. The van der Waals surface area contributed by atoms with Crippen LogP contribution in [0.2, 0.25) is 0 Å². The second kappa shape index (κ2) is 7.13. The Morgan fingerprint density at radius 1 is 1.09 bits per heavy atom. The average molecular weight is 305 g/mol. The van der Waals surface area contributed by atoms with Crippen molar-refractivity contribution < 1.29 is 4.74 Å². The molecule has 0 aliphatic heterocycles. The summed E-state index contributed by atoms with van der Waals surface area (Å²) in [5.74, 6) is 1.60. The molecule has 0 atom stereocenters.